The lowest BCUT2D eigenvalue weighted by Gasteiger charge is -1.95. The molecule has 0 atom stereocenters. The molecular weight excluding hydrogens is 180 g/mol. The Morgan fingerprint density at radius 3 is 2.21 bits per heavy atom. The van der Waals surface area contributed by atoms with Gasteiger partial charge in [-0.05, 0) is 18.6 Å². The maximum Gasteiger partial charge on any atom is 0.328 e. The quantitative estimate of drug-likeness (QED) is 0.585. The molecule has 0 spiro atoms. The summed E-state index contributed by atoms with van der Waals surface area (Å²) < 4.78 is 0. The Hall–Kier alpha value is -1.90. The molecule has 0 radical (unpaired) electrons. The number of aliphatic carboxylic acids is 1. The molecular formula is C11H10O3. The number of ketones is 1. The first-order valence-electron chi connectivity index (χ1n) is 4.11. The first kappa shape index (κ1) is 10.2. The first-order chi connectivity index (χ1) is 6.59. The van der Waals surface area contributed by atoms with Crippen LogP contribution in [0.4, 0.5) is 0 Å². The largest absolute Gasteiger partial charge is 0.478 e. The third kappa shape index (κ3) is 2.86. The third-order valence-electron chi connectivity index (χ3n) is 1.74. The fraction of sp³-hybridized carbons (Fsp3) is 0.0909. The van der Waals surface area contributed by atoms with E-state index in [0.717, 1.165) is 11.6 Å². The lowest BCUT2D eigenvalue weighted by molar-refractivity contribution is -0.131. The number of benzene rings is 1. The second-order valence-electron chi connectivity index (χ2n) is 2.85. The highest BCUT2D eigenvalue weighted by Crippen LogP contribution is 2.06. The van der Waals surface area contributed by atoms with E-state index in [9.17, 15) is 9.59 Å². The summed E-state index contributed by atoms with van der Waals surface area (Å²) in [4.78, 5) is 21.1. The van der Waals surface area contributed by atoms with E-state index in [2.05, 4.69) is 0 Å². The Bertz CT molecular complexity index is 374. The summed E-state index contributed by atoms with van der Waals surface area (Å²) in [5, 5.41) is 8.38. The maximum absolute atomic E-state index is 10.9. The summed E-state index contributed by atoms with van der Waals surface area (Å²) in [6.07, 6.45) is 2.54. The van der Waals surface area contributed by atoms with Gasteiger partial charge in [-0.25, -0.2) is 4.79 Å². The number of carboxylic acids is 1. The van der Waals surface area contributed by atoms with Crippen molar-refractivity contribution >= 4 is 17.8 Å². The number of hydrogen-bond acceptors (Lipinski definition) is 2. The zero-order chi connectivity index (χ0) is 10.6. The fourth-order valence-corrected chi connectivity index (χ4v) is 0.996. The Balaban J connectivity index is 2.83. The van der Waals surface area contributed by atoms with Gasteiger partial charge in [0.05, 0.1) is 0 Å². The second kappa shape index (κ2) is 4.37. The van der Waals surface area contributed by atoms with E-state index >= 15 is 0 Å². The van der Waals surface area contributed by atoms with E-state index in [4.69, 9.17) is 5.11 Å². The van der Waals surface area contributed by atoms with Crippen molar-refractivity contribution < 1.29 is 14.7 Å². The molecule has 0 saturated heterocycles. The van der Waals surface area contributed by atoms with Crippen LogP contribution in [0.5, 0.6) is 0 Å². The van der Waals surface area contributed by atoms with Gasteiger partial charge >= 0.3 is 5.97 Å². The second-order valence-corrected chi connectivity index (χ2v) is 2.85. The number of Topliss-reactive ketones (excluding diaryl/α,β-unsaturated/α-hetero) is 1. The fourth-order valence-electron chi connectivity index (χ4n) is 0.996. The summed E-state index contributed by atoms with van der Waals surface area (Å²) in [5.41, 5.74) is 1.38. The Kier molecular flexibility index (Phi) is 3.18. The van der Waals surface area contributed by atoms with E-state index in [-0.39, 0.29) is 5.78 Å². The molecule has 0 unspecified atom stereocenters. The molecule has 0 heterocycles. The van der Waals surface area contributed by atoms with Crippen LogP contribution in [-0.2, 0) is 4.79 Å². The molecule has 0 amide bonds. The SMILES string of the molecule is CC(=O)c1ccc(/C=C/C(=O)O)cc1. The Labute approximate surface area is 81.7 Å². The summed E-state index contributed by atoms with van der Waals surface area (Å²) in [7, 11) is 0. The number of carbonyl (C=O) groups excluding carboxylic acids is 1. The van der Waals surface area contributed by atoms with Gasteiger partial charge in [0.25, 0.3) is 0 Å². The van der Waals surface area contributed by atoms with Crippen LogP contribution in [0.1, 0.15) is 22.8 Å². The maximum atomic E-state index is 10.9. The average Bonchev–Trinajstić information content (AvgIpc) is 2.15. The molecule has 0 bridgehead atoms. The molecule has 0 saturated carbocycles. The molecule has 1 N–H and O–H groups in total. The minimum atomic E-state index is -0.986. The van der Waals surface area contributed by atoms with Gasteiger partial charge < -0.3 is 5.11 Å². The van der Waals surface area contributed by atoms with Gasteiger partial charge in [-0.1, -0.05) is 24.3 Å². The molecule has 3 nitrogen and oxygen atoms in total. The highest BCUT2D eigenvalue weighted by atomic mass is 16.4. The highest BCUT2D eigenvalue weighted by molar-refractivity contribution is 5.94. The first-order valence-corrected chi connectivity index (χ1v) is 4.11. The Morgan fingerprint density at radius 2 is 1.79 bits per heavy atom. The van der Waals surface area contributed by atoms with Gasteiger partial charge in [-0.15, -0.1) is 0 Å². The van der Waals surface area contributed by atoms with Crippen LogP contribution in [0, 0.1) is 0 Å². The number of hydrogen-bond donors (Lipinski definition) is 1. The summed E-state index contributed by atoms with van der Waals surface area (Å²) in [6.45, 7) is 1.49. The van der Waals surface area contributed by atoms with Crippen LogP contribution in [0.25, 0.3) is 6.08 Å². The third-order valence-corrected chi connectivity index (χ3v) is 1.74. The van der Waals surface area contributed by atoms with Crippen molar-refractivity contribution in [3.05, 3.63) is 41.5 Å². The molecule has 3 heteroatoms. The standard InChI is InChI=1S/C11H10O3/c1-8(12)10-5-2-9(3-6-10)4-7-11(13)14/h2-7H,1H3,(H,13,14)/b7-4+. The summed E-state index contributed by atoms with van der Waals surface area (Å²) >= 11 is 0. The summed E-state index contributed by atoms with van der Waals surface area (Å²) in [6, 6.07) is 6.75. The van der Waals surface area contributed by atoms with Crippen molar-refractivity contribution in [1.82, 2.24) is 0 Å². The molecule has 0 aliphatic rings. The minimum Gasteiger partial charge on any atom is -0.478 e. The zero-order valence-electron chi connectivity index (χ0n) is 7.73. The van der Waals surface area contributed by atoms with Gasteiger partial charge in [0.15, 0.2) is 5.78 Å². The van der Waals surface area contributed by atoms with Crippen molar-refractivity contribution in [2.45, 2.75) is 6.92 Å². The van der Waals surface area contributed by atoms with Gasteiger partial charge in [-0.2, -0.15) is 0 Å². The molecule has 0 fully saturated rings. The van der Waals surface area contributed by atoms with Crippen LogP contribution in [0.3, 0.4) is 0 Å². The molecule has 1 aromatic carbocycles. The smallest absolute Gasteiger partial charge is 0.328 e. The molecule has 0 aliphatic heterocycles. The van der Waals surface area contributed by atoms with Crippen LogP contribution >= 0.6 is 0 Å². The molecule has 14 heavy (non-hydrogen) atoms. The van der Waals surface area contributed by atoms with Crippen molar-refractivity contribution in [3.63, 3.8) is 0 Å². The van der Waals surface area contributed by atoms with Gasteiger partial charge in [0.2, 0.25) is 0 Å². The van der Waals surface area contributed by atoms with Crippen LogP contribution in [0.2, 0.25) is 0 Å². The molecule has 0 aliphatic carbocycles. The van der Waals surface area contributed by atoms with E-state index in [0.29, 0.717) is 5.56 Å². The van der Waals surface area contributed by atoms with Crippen molar-refractivity contribution in [2.24, 2.45) is 0 Å². The molecule has 72 valence electrons. The lowest BCUT2D eigenvalue weighted by atomic mass is 10.1. The van der Waals surface area contributed by atoms with Crippen LogP contribution in [0.15, 0.2) is 30.3 Å². The normalized spacial score (nSPS) is 10.4. The Morgan fingerprint density at radius 1 is 1.21 bits per heavy atom. The number of carboxylic acid groups (broad SMARTS) is 1. The minimum absolute atomic E-state index is 0.00114. The summed E-state index contributed by atoms with van der Waals surface area (Å²) in [5.74, 6) is -0.987. The van der Waals surface area contributed by atoms with Gasteiger partial charge in [0, 0.05) is 11.6 Å². The average molecular weight is 190 g/mol. The highest BCUT2D eigenvalue weighted by Gasteiger charge is 1.97. The van der Waals surface area contributed by atoms with Crippen LogP contribution < -0.4 is 0 Å². The van der Waals surface area contributed by atoms with Gasteiger partial charge in [0.1, 0.15) is 0 Å². The van der Waals surface area contributed by atoms with E-state index in [1.165, 1.54) is 13.0 Å². The van der Waals surface area contributed by atoms with Crippen molar-refractivity contribution in [2.75, 3.05) is 0 Å². The predicted molar refractivity (Wildman–Crippen MR) is 53.1 cm³/mol. The monoisotopic (exact) mass is 190 g/mol. The van der Waals surface area contributed by atoms with Gasteiger partial charge in [-0.3, -0.25) is 4.79 Å². The van der Waals surface area contributed by atoms with Crippen LogP contribution in [-0.4, -0.2) is 16.9 Å². The van der Waals surface area contributed by atoms with Crippen molar-refractivity contribution in [3.8, 4) is 0 Å². The number of carbonyl (C=O) groups is 2. The number of rotatable bonds is 3. The zero-order valence-corrected chi connectivity index (χ0v) is 7.73. The van der Waals surface area contributed by atoms with E-state index < -0.39 is 5.97 Å². The molecule has 0 aromatic heterocycles. The van der Waals surface area contributed by atoms with E-state index in [1.807, 2.05) is 0 Å². The molecule has 1 aromatic rings. The van der Waals surface area contributed by atoms with E-state index in [1.54, 1.807) is 24.3 Å². The molecule has 1 rings (SSSR count). The topological polar surface area (TPSA) is 54.4 Å². The van der Waals surface area contributed by atoms with Crippen molar-refractivity contribution in [1.29, 1.82) is 0 Å². The predicted octanol–water partition coefficient (Wildman–Crippen LogP) is 1.99. The lowest BCUT2D eigenvalue weighted by Crippen LogP contribution is -1.91.